The second-order valence-electron chi connectivity index (χ2n) is 6.72. The standard InChI is InChI=1S/C20H17F3N4O2/c21-20(22,23)14-4-2-6-17(10-14)29-16-5-1-3-13(9-16)19(28)24-11-18-26-25-12-27(18)15-7-8-15/h1-6,9-10,12,15H,7-8,11H2,(H,24,28). The monoisotopic (exact) mass is 402 g/mol. The van der Waals surface area contributed by atoms with Crippen LogP contribution in [0, 0.1) is 0 Å². The number of carbonyl (C=O) groups is 1. The third-order valence-corrected chi connectivity index (χ3v) is 4.49. The van der Waals surface area contributed by atoms with Gasteiger partial charge in [-0.2, -0.15) is 13.2 Å². The van der Waals surface area contributed by atoms with E-state index in [1.807, 2.05) is 4.57 Å². The molecule has 6 nitrogen and oxygen atoms in total. The molecule has 4 rings (SSSR count). The molecule has 0 spiro atoms. The Hall–Kier alpha value is -3.36. The maximum Gasteiger partial charge on any atom is 0.416 e. The summed E-state index contributed by atoms with van der Waals surface area (Å²) in [4.78, 5) is 12.5. The largest absolute Gasteiger partial charge is 0.457 e. The molecule has 0 bridgehead atoms. The van der Waals surface area contributed by atoms with Crippen LogP contribution in [0.15, 0.2) is 54.9 Å². The Kier molecular flexibility index (Phi) is 4.96. The first-order chi connectivity index (χ1) is 13.9. The Morgan fingerprint density at radius 3 is 2.59 bits per heavy atom. The highest BCUT2D eigenvalue weighted by Gasteiger charge is 2.30. The van der Waals surface area contributed by atoms with Gasteiger partial charge in [-0.3, -0.25) is 4.79 Å². The fraction of sp³-hybridized carbons (Fsp3) is 0.250. The Morgan fingerprint density at radius 1 is 1.14 bits per heavy atom. The lowest BCUT2D eigenvalue weighted by atomic mass is 10.2. The molecule has 0 aliphatic heterocycles. The lowest BCUT2D eigenvalue weighted by Gasteiger charge is -2.11. The van der Waals surface area contributed by atoms with Crippen molar-refractivity contribution in [3.63, 3.8) is 0 Å². The third-order valence-electron chi connectivity index (χ3n) is 4.49. The second kappa shape index (κ2) is 7.57. The highest BCUT2D eigenvalue weighted by molar-refractivity contribution is 5.94. The van der Waals surface area contributed by atoms with Crippen LogP contribution in [0.2, 0.25) is 0 Å². The molecule has 3 aromatic rings. The van der Waals surface area contributed by atoms with E-state index in [0.29, 0.717) is 17.4 Å². The van der Waals surface area contributed by atoms with Crippen LogP contribution in [0.4, 0.5) is 13.2 Å². The molecule has 1 saturated carbocycles. The number of amides is 1. The summed E-state index contributed by atoms with van der Waals surface area (Å²) >= 11 is 0. The quantitative estimate of drug-likeness (QED) is 0.666. The van der Waals surface area contributed by atoms with Crippen molar-refractivity contribution in [2.45, 2.75) is 31.6 Å². The van der Waals surface area contributed by atoms with Crippen LogP contribution >= 0.6 is 0 Å². The predicted octanol–water partition coefficient (Wildman–Crippen LogP) is 4.35. The first-order valence-electron chi connectivity index (χ1n) is 9.02. The van der Waals surface area contributed by atoms with Gasteiger partial charge in [0.25, 0.3) is 5.91 Å². The smallest absolute Gasteiger partial charge is 0.416 e. The third kappa shape index (κ3) is 4.56. The first-order valence-corrected chi connectivity index (χ1v) is 9.02. The molecule has 1 aromatic heterocycles. The molecule has 1 amide bonds. The van der Waals surface area contributed by atoms with Crippen LogP contribution < -0.4 is 10.1 Å². The lowest BCUT2D eigenvalue weighted by molar-refractivity contribution is -0.137. The van der Waals surface area contributed by atoms with Crippen LogP contribution in [0.1, 0.15) is 40.6 Å². The van der Waals surface area contributed by atoms with Gasteiger partial charge in [0, 0.05) is 11.6 Å². The zero-order chi connectivity index (χ0) is 20.4. The summed E-state index contributed by atoms with van der Waals surface area (Å²) in [6.45, 7) is 0.230. The summed E-state index contributed by atoms with van der Waals surface area (Å²) in [6.07, 6.45) is -0.646. The summed E-state index contributed by atoms with van der Waals surface area (Å²) in [5.41, 5.74) is -0.476. The van der Waals surface area contributed by atoms with Gasteiger partial charge >= 0.3 is 6.18 Å². The van der Waals surface area contributed by atoms with E-state index in [9.17, 15) is 18.0 Å². The number of rotatable bonds is 6. The minimum atomic E-state index is -4.46. The number of benzene rings is 2. The van der Waals surface area contributed by atoms with Gasteiger partial charge in [0.05, 0.1) is 12.1 Å². The van der Waals surface area contributed by atoms with Gasteiger partial charge in [-0.15, -0.1) is 10.2 Å². The molecule has 9 heteroatoms. The normalized spacial score (nSPS) is 13.9. The summed E-state index contributed by atoms with van der Waals surface area (Å²) in [7, 11) is 0. The molecular formula is C20H17F3N4O2. The Bertz CT molecular complexity index is 1030. The van der Waals surface area contributed by atoms with Gasteiger partial charge in [0.15, 0.2) is 5.82 Å². The lowest BCUT2D eigenvalue weighted by Crippen LogP contribution is -2.24. The molecule has 2 aromatic carbocycles. The van der Waals surface area contributed by atoms with Gasteiger partial charge in [-0.1, -0.05) is 12.1 Å². The summed E-state index contributed by atoms with van der Waals surface area (Å²) in [5, 5.41) is 10.7. The topological polar surface area (TPSA) is 69.0 Å². The Balaban J connectivity index is 1.43. The molecule has 0 radical (unpaired) electrons. The molecule has 1 aliphatic carbocycles. The number of alkyl halides is 3. The Morgan fingerprint density at radius 2 is 1.86 bits per heavy atom. The molecule has 1 aliphatic rings. The van der Waals surface area contributed by atoms with E-state index >= 15 is 0 Å². The molecule has 1 fully saturated rings. The average Bonchev–Trinajstić information content (AvgIpc) is 3.43. The predicted molar refractivity (Wildman–Crippen MR) is 97.4 cm³/mol. The van der Waals surface area contributed by atoms with Crippen LogP contribution in [0.3, 0.4) is 0 Å². The van der Waals surface area contributed by atoms with Crippen LogP contribution in [0.25, 0.3) is 0 Å². The maximum atomic E-state index is 12.8. The second-order valence-corrected chi connectivity index (χ2v) is 6.72. The van der Waals surface area contributed by atoms with Crippen molar-refractivity contribution < 1.29 is 22.7 Å². The van der Waals surface area contributed by atoms with Crippen LogP contribution in [-0.4, -0.2) is 20.7 Å². The van der Waals surface area contributed by atoms with Crippen molar-refractivity contribution in [1.29, 1.82) is 0 Å². The number of ether oxygens (including phenoxy) is 1. The molecule has 29 heavy (non-hydrogen) atoms. The van der Waals surface area contributed by atoms with Gasteiger partial charge < -0.3 is 14.6 Å². The molecule has 1 heterocycles. The average molecular weight is 402 g/mol. The van der Waals surface area contributed by atoms with E-state index in [2.05, 4.69) is 15.5 Å². The van der Waals surface area contributed by atoms with Crippen molar-refractivity contribution in [1.82, 2.24) is 20.1 Å². The zero-order valence-electron chi connectivity index (χ0n) is 15.2. The van der Waals surface area contributed by atoms with E-state index in [4.69, 9.17) is 4.74 Å². The van der Waals surface area contributed by atoms with Crippen molar-refractivity contribution in [2.24, 2.45) is 0 Å². The number of halogens is 3. The molecule has 0 saturated heterocycles. The fourth-order valence-electron chi connectivity index (χ4n) is 2.88. The number of hydrogen-bond acceptors (Lipinski definition) is 4. The minimum Gasteiger partial charge on any atom is -0.457 e. The van der Waals surface area contributed by atoms with Gasteiger partial charge in [-0.25, -0.2) is 0 Å². The summed E-state index contributed by atoms with van der Waals surface area (Å²) < 4.78 is 46.0. The molecule has 1 N–H and O–H groups in total. The van der Waals surface area contributed by atoms with E-state index in [-0.39, 0.29) is 24.0 Å². The van der Waals surface area contributed by atoms with E-state index in [1.165, 1.54) is 18.2 Å². The van der Waals surface area contributed by atoms with Gasteiger partial charge in [0.1, 0.15) is 17.8 Å². The van der Waals surface area contributed by atoms with Crippen molar-refractivity contribution in [3.8, 4) is 11.5 Å². The van der Waals surface area contributed by atoms with Crippen LogP contribution in [-0.2, 0) is 12.7 Å². The van der Waals surface area contributed by atoms with E-state index < -0.39 is 11.7 Å². The highest BCUT2D eigenvalue weighted by Crippen LogP contribution is 2.35. The van der Waals surface area contributed by atoms with Crippen molar-refractivity contribution in [2.75, 3.05) is 0 Å². The van der Waals surface area contributed by atoms with Crippen molar-refractivity contribution >= 4 is 5.91 Å². The van der Waals surface area contributed by atoms with Crippen molar-refractivity contribution in [3.05, 3.63) is 71.8 Å². The number of nitrogens with one attached hydrogen (secondary N) is 1. The maximum absolute atomic E-state index is 12.8. The first kappa shape index (κ1) is 19.0. The van der Waals surface area contributed by atoms with E-state index in [0.717, 1.165) is 25.0 Å². The minimum absolute atomic E-state index is 0.0370. The fourth-order valence-corrected chi connectivity index (χ4v) is 2.88. The molecule has 0 unspecified atom stereocenters. The Labute approximate surface area is 164 Å². The van der Waals surface area contributed by atoms with Gasteiger partial charge in [-0.05, 0) is 49.2 Å². The van der Waals surface area contributed by atoms with E-state index in [1.54, 1.807) is 24.5 Å². The summed E-state index contributed by atoms with van der Waals surface area (Å²) in [5.74, 6) is 0.634. The molecular weight excluding hydrogens is 385 g/mol. The SMILES string of the molecule is O=C(NCc1nncn1C1CC1)c1cccc(Oc2cccc(C(F)(F)F)c2)c1. The van der Waals surface area contributed by atoms with Gasteiger partial charge in [0.2, 0.25) is 0 Å². The highest BCUT2D eigenvalue weighted by atomic mass is 19.4. The van der Waals surface area contributed by atoms with Crippen LogP contribution in [0.5, 0.6) is 11.5 Å². The number of hydrogen-bond donors (Lipinski definition) is 1. The molecule has 0 atom stereocenters. The number of aromatic nitrogens is 3. The summed E-state index contributed by atoms with van der Waals surface area (Å²) in [6, 6.07) is 11.2. The molecule has 150 valence electrons. The zero-order valence-corrected chi connectivity index (χ0v) is 15.2. The number of nitrogens with zero attached hydrogens (tertiary/aromatic N) is 3. The number of carbonyl (C=O) groups excluding carboxylic acids is 1.